The van der Waals surface area contributed by atoms with Crippen LogP contribution in [0.2, 0.25) is 5.02 Å². The zero-order valence-corrected chi connectivity index (χ0v) is 21.6. The summed E-state index contributed by atoms with van der Waals surface area (Å²) in [5, 5.41) is 6.49. The van der Waals surface area contributed by atoms with Gasteiger partial charge in [0.1, 0.15) is 11.9 Å². The van der Waals surface area contributed by atoms with Gasteiger partial charge >= 0.3 is 0 Å². The van der Waals surface area contributed by atoms with Gasteiger partial charge in [-0.15, -0.1) is 0 Å². The molecule has 6 nitrogen and oxygen atoms in total. The number of nitrogens with zero attached hydrogens (tertiary/aromatic N) is 2. The Hall–Kier alpha value is -3.22. The van der Waals surface area contributed by atoms with Gasteiger partial charge in [0.2, 0.25) is 11.8 Å². The van der Waals surface area contributed by atoms with Crippen molar-refractivity contribution in [3.05, 3.63) is 94.6 Å². The van der Waals surface area contributed by atoms with Crippen LogP contribution in [0.1, 0.15) is 49.4 Å². The average molecular weight is 505 g/mol. The van der Waals surface area contributed by atoms with Gasteiger partial charge < -0.3 is 10.2 Å². The molecule has 0 unspecified atom stereocenters. The monoisotopic (exact) mass is 504 g/mol. The molecule has 1 fully saturated rings. The predicted molar refractivity (Wildman–Crippen MR) is 144 cm³/mol. The Kier molecular flexibility index (Phi) is 8.39. The van der Waals surface area contributed by atoms with Gasteiger partial charge in [-0.1, -0.05) is 80.0 Å². The van der Waals surface area contributed by atoms with Crippen LogP contribution in [0.5, 0.6) is 0 Å². The van der Waals surface area contributed by atoms with Crippen molar-refractivity contribution in [3.8, 4) is 0 Å². The molecule has 0 aliphatic carbocycles. The Labute approximate surface area is 218 Å². The van der Waals surface area contributed by atoms with Gasteiger partial charge in [0.15, 0.2) is 0 Å². The van der Waals surface area contributed by atoms with Crippen LogP contribution in [-0.2, 0) is 21.4 Å². The Balaban J connectivity index is 1.39. The van der Waals surface area contributed by atoms with Crippen molar-refractivity contribution in [2.45, 2.75) is 44.6 Å². The van der Waals surface area contributed by atoms with Gasteiger partial charge in [-0.2, -0.15) is 0 Å². The molecule has 4 rings (SSSR count). The number of pyridine rings is 1. The highest BCUT2D eigenvalue weighted by Crippen LogP contribution is 2.37. The minimum atomic E-state index is -0.695. The predicted octanol–water partition coefficient (Wildman–Crippen LogP) is 5.15. The van der Waals surface area contributed by atoms with Gasteiger partial charge in [-0.05, 0) is 53.5 Å². The van der Waals surface area contributed by atoms with E-state index in [1.807, 2.05) is 35.2 Å². The van der Waals surface area contributed by atoms with Crippen LogP contribution in [0.15, 0.2) is 72.9 Å². The van der Waals surface area contributed by atoms with Crippen LogP contribution >= 0.6 is 11.6 Å². The molecule has 36 heavy (non-hydrogen) atoms. The fraction of sp³-hybridized carbons (Fsp3) is 0.345. The fourth-order valence-corrected chi connectivity index (χ4v) is 5.00. The number of hydrogen-bond donors (Lipinski definition) is 2. The molecule has 1 aromatic heterocycles. The standard InChI is InChI=1S/C29H33ClN4O2/c1-3-21-9-7-8-12-24(21)29(2)15-17-34(18-16-29)26(35)20-32-27(22-10-5-4-6-11-22)28(36)33-25-14-13-23(30)19-31-25/h4-14,19,27,32H,3,15-18,20H2,1-2H3,(H,31,33,36)/t27-/m1/s1. The molecule has 1 aliphatic rings. The summed E-state index contributed by atoms with van der Waals surface area (Å²) in [5.41, 5.74) is 3.62. The Morgan fingerprint density at radius 3 is 2.39 bits per heavy atom. The number of nitrogens with one attached hydrogen (secondary N) is 2. The number of likely N-dealkylation sites (tertiary alicyclic amines) is 1. The normalized spacial score (nSPS) is 15.8. The van der Waals surface area contributed by atoms with Gasteiger partial charge in [0.25, 0.3) is 0 Å². The quantitative estimate of drug-likeness (QED) is 0.445. The molecule has 2 aromatic carbocycles. The molecule has 0 radical (unpaired) electrons. The second kappa shape index (κ2) is 11.7. The van der Waals surface area contributed by atoms with E-state index in [9.17, 15) is 9.59 Å². The van der Waals surface area contributed by atoms with E-state index in [1.54, 1.807) is 12.1 Å². The third-order valence-electron chi connectivity index (χ3n) is 7.10. The molecular formula is C29H33ClN4O2. The summed E-state index contributed by atoms with van der Waals surface area (Å²) in [6, 6.07) is 20.6. The van der Waals surface area contributed by atoms with Crippen LogP contribution in [0, 0.1) is 0 Å². The first-order valence-electron chi connectivity index (χ1n) is 12.5. The van der Waals surface area contributed by atoms with Crippen LogP contribution < -0.4 is 10.6 Å². The number of anilines is 1. The lowest BCUT2D eigenvalue weighted by atomic mass is 9.72. The molecule has 0 bridgehead atoms. The number of hydrogen-bond acceptors (Lipinski definition) is 4. The molecule has 2 amide bonds. The van der Waals surface area contributed by atoms with Crippen molar-refractivity contribution < 1.29 is 9.59 Å². The molecule has 0 spiro atoms. The van der Waals surface area contributed by atoms with Crippen molar-refractivity contribution in [2.75, 3.05) is 25.0 Å². The highest BCUT2D eigenvalue weighted by Gasteiger charge is 2.34. The summed E-state index contributed by atoms with van der Waals surface area (Å²) in [5.74, 6) is 0.117. The summed E-state index contributed by atoms with van der Waals surface area (Å²) in [6.07, 6.45) is 4.32. The Morgan fingerprint density at radius 1 is 1.03 bits per heavy atom. The highest BCUT2D eigenvalue weighted by molar-refractivity contribution is 6.30. The average Bonchev–Trinajstić information content (AvgIpc) is 2.91. The van der Waals surface area contributed by atoms with E-state index in [0.717, 1.165) is 24.8 Å². The van der Waals surface area contributed by atoms with Crippen LogP contribution in [0.25, 0.3) is 0 Å². The van der Waals surface area contributed by atoms with Crippen molar-refractivity contribution >= 4 is 29.2 Å². The molecule has 1 aliphatic heterocycles. The van der Waals surface area contributed by atoms with Crippen molar-refractivity contribution in [1.29, 1.82) is 0 Å². The highest BCUT2D eigenvalue weighted by atomic mass is 35.5. The van der Waals surface area contributed by atoms with Crippen molar-refractivity contribution in [2.24, 2.45) is 0 Å². The number of piperidine rings is 1. The van der Waals surface area contributed by atoms with Gasteiger partial charge in [0.05, 0.1) is 11.6 Å². The molecule has 0 saturated carbocycles. The first kappa shape index (κ1) is 25.9. The molecular weight excluding hydrogens is 472 g/mol. The molecule has 188 valence electrons. The summed E-state index contributed by atoms with van der Waals surface area (Å²) in [4.78, 5) is 32.3. The Morgan fingerprint density at radius 2 is 1.72 bits per heavy atom. The number of aromatic nitrogens is 1. The van der Waals surface area contributed by atoms with E-state index in [0.29, 0.717) is 23.9 Å². The summed E-state index contributed by atoms with van der Waals surface area (Å²) in [6.45, 7) is 5.97. The van der Waals surface area contributed by atoms with Crippen molar-refractivity contribution in [3.63, 3.8) is 0 Å². The Bertz CT molecular complexity index is 1180. The molecule has 2 N–H and O–H groups in total. The van der Waals surface area contributed by atoms with Gasteiger partial charge in [-0.3, -0.25) is 14.9 Å². The van der Waals surface area contributed by atoms with Crippen molar-refractivity contribution in [1.82, 2.24) is 15.2 Å². The van der Waals surface area contributed by atoms with Gasteiger partial charge in [-0.25, -0.2) is 4.98 Å². The number of benzene rings is 2. The molecule has 1 saturated heterocycles. The van der Waals surface area contributed by atoms with E-state index in [4.69, 9.17) is 11.6 Å². The van der Waals surface area contributed by atoms with E-state index in [2.05, 4.69) is 53.7 Å². The SMILES string of the molecule is CCc1ccccc1C1(C)CCN(C(=O)CN[C@@H](C(=O)Nc2ccc(Cl)cn2)c2ccccc2)CC1. The first-order valence-corrected chi connectivity index (χ1v) is 12.8. The van der Waals surface area contributed by atoms with Crippen LogP contribution in [0.3, 0.4) is 0 Å². The van der Waals surface area contributed by atoms with E-state index in [1.165, 1.54) is 17.3 Å². The first-order chi connectivity index (χ1) is 17.4. The third-order valence-corrected chi connectivity index (χ3v) is 7.32. The zero-order valence-electron chi connectivity index (χ0n) is 20.8. The maximum absolute atomic E-state index is 13.1. The zero-order chi connectivity index (χ0) is 25.5. The van der Waals surface area contributed by atoms with Gasteiger partial charge in [0, 0.05) is 19.3 Å². The lowest BCUT2D eigenvalue weighted by Crippen LogP contribution is -2.48. The lowest BCUT2D eigenvalue weighted by molar-refractivity contribution is -0.132. The number of carbonyl (C=O) groups is 2. The largest absolute Gasteiger partial charge is 0.342 e. The fourth-order valence-electron chi connectivity index (χ4n) is 4.89. The molecule has 7 heteroatoms. The smallest absolute Gasteiger partial charge is 0.247 e. The van der Waals surface area contributed by atoms with E-state index in [-0.39, 0.29) is 23.8 Å². The number of aryl methyl sites for hydroxylation is 1. The second-order valence-electron chi connectivity index (χ2n) is 9.53. The molecule has 3 aromatic rings. The lowest BCUT2D eigenvalue weighted by Gasteiger charge is -2.41. The number of halogens is 1. The molecule has 2 heterocycles. The minimum Gasteiger partial charge on any atom is -0.342 e. The summed E-state index contributed by atoms with van der Waals surface area (Å²) < 4.78 is 0. The summed E-state index contributed by atoms with van der Waals surface area (Å²) >= 11 is 5.90. The maximum atomic E-state index is 13.1. The number of rotatable bonds is 8. The van der Waals surface area contributed by atoms with E-state index >= 15 is 0 Å². The topological polar surface area (TPSA) is 74.3 Å². The van der Waals surface area contributed by atoms with Crippen LogP contribution in [-0.4, -0.2) is 41.3 Å². The summed E-state index contributed by atoms with van der Waals surface area (Å²) in [7, 11) is 0. The number of carbonyl (C=O) groups excluding carboxylic acids is 2. The minimum absolute atomic E-state index is 0.000763. The van der Waals surface area contributed by atoms with E-state index < -0.39 is 6.04 Å². The maximum Gasteiger partial charge on any atom is 0.247 e. The number of amides is 2. The van der Waals surface area contributed by atoms with Crippen LogP contribution in [0.4, 0.5) is 5.82 Å². The molecule has 1 atom stereocenters. The third kappa shape index (κ3) is 6.12. The second-order valence-corrected chi connectivity index (χ2v) is 9.96.